The van der Waals surface area contributed by atoms with Crippen molar-refractivity contribution < 1.29 is 18.9 Å². The van der Waals surface area contributed by atoms with Crippen molar-refractivity contribution in [3.05, 3.63) is 75.6 Å². The lowest BCUT2D eigenvalue weighted by atomic mass is 10.1. The van der Waals surface area contributed by atoms with E-state index < -0.39 is 28.2 Å². The molecule has 0 spiro atoms. The van der Waals surface area contributed by atoms with Crippen molar-refractivity contribution in [2.45, 2.75) is 52.2 Å². The Morgan fingerprint density at radius 3 is 2.30 bits per heavy atom. The Hall–Kier alpha value is -3.29. The van der Waals surface area contributed by atoms with E-state index in [1.807, 2.05) is 20.8 Å². The Bertz CT molecular complexity index is 923. The lowest BCUT2D eigenvalue weighted by Gasteiger charge is -2.31. The highest BCUT2D eigenvalue weighted by Crippen LogP contribution is 2.20. The Balaban J connectivity index is 2.32. The van der Waals surface area contributed by atoms with Gasteiger partial charge >= 0.3 is 0 Å². The summed E-state index contributed by atoms with van der Waals surface area (Å²) in [7, 11) is 0. The first kappa shape index (κ1) is 23.0. The number of nitro groups is 1. The second-order valence-electron chi connectivity index (χ2n) is 8.13. The summed E-state index contributed by atoms with van der Waals surface area (Å²) >= 11 is 0. The quantitative estimate of drug-likeness (QED) is 0.552. The van der Waals surface area contributed by atoms with Crippen LogP contribution in [0.2, 0.25) is 0 Å². The molecule has 0 unspecified atom stereocenters. The summed E-state index contributed by atoms with van der Waals surface area (Å²) in [6.45, 7) is 7.16. The van der Waals surface area contributed by atoms with Gasteiger partial charge in [0.25, 0.3) is 5.69 Å². The van der Waals surface area contributed by atoms with Crippen LogP contribution in [-0.4, -0.2) is 33.2 Å². The van der Waals surface area contributed by atoms with Gasteiger partial charge in [0.15, 0.2) is 0 Å². The van der Waals surface area contributed by atoms with Crippen molar-refractivity contribution in [1.82, 2.24) is 10.2 Å². The molecule has 0 aromatic heterocycles. The summed E-state index contributed by atoms with van der Waals surface area (Å²) in [5.74, 6) is -1.19. The van der Waals surface area contributed by atoms with Gasteiger partial charge in [-0.2, -0.15) is 0 Å². The standard InChI is InChI=1S/C22H26FN3O4/c1-15(21(28)24-22(2,3)4)25(14-16-9-11-18(23)12-10-16)20(27)13-17-7-5-6-8-19(17)26(29)30/h5-12,15H,13-14H2,1-4H3,(H,24,28)/t15-/m1/s1. The number of amides is 2. The number of carbonyl (C=O) groups excluding carboxylic acids is 2. The Kier molecular flexibility index (Phi) is 7.26. The third kappa shape index (κ3) is 6.37. The maximum atomic E-state index is 13.3. The molecule has 8 heteroatoms. The topological polar surface area (TPSA) is 92.6 Å². The zero-order chi connectivity index (χ0) is 22.5. The predicted octanol–water partition coefficient (Wildman–Crippen LogP) is 3.61. The lowest BCUT2D eigenvalue weighted by molar-refractivity contribution is -0.385. The van der Waals surface area contributed by atoms with Gasteiger partial charge in [-0.3, -0.25) is 19.7 Å². The number of rotatable bonds is 7. The van der Waals surface area contributed by atoms with Gasteiger partial charge in [-0.05, 0) is 45.4 Å². The molecular formula is C22H26FN3O4. The first-order valence-corrected chi connectivity index (χ1v) is 9.56. The second kappa shape index (κ2) is 9.47. The number of benzene rings is 2. The third-order valence-electron chi connectivity index (χ3n) is 4.46. The van der Waals surface area contributed by atoms with Crippen LogP contribution in [0.3, 0.4) is 0 Å². The number of nitrogens with zero attached hydrogens (tertiary/aromatic N) is 2. The van der Waals surface area contributed by atoms with Gasteiger partial charge in [0.1, 0.15) is 11.9 Å². The lowest BCUT2D eigenvalue weighted by Crippen LogP contribution is -2.52. The van der Waals surface area contributed by atoms with Gasteiger partial charge in [-0.25, -0.2) is 4.39 Å². The molecule has 0 bridgehead atoms. The van der Waals surface area contributed by atoms with E-state index in [0.717, 1.165) is 0 Å². The highest BCUT2D eigenvalue weighted by atomic mass is 19.1. The largest absolute Gasteiger partial charge is 0.350 e. The molecule has 2 rings (SSSR count). The zero-order valence-electron chi connectivity index (χ0n) is 17.5. The molecule has 2 aromatic carbocycles. The molecule has 1 atom stereocenters. The van der Waals surface area contributed by atoms with Crippen LogP contribution < -0.4 is 5.32 Å². The first-order chi connectivity index (χ1) is 14.0. The summed E-state index contributed by atoms with van der Waals surface area (Å²) in [6.07, 6.45) is -0.231. The van der Waals surface area contributed by atoms with Gasteiger partial charge in [0.05, 0.1) is 11.3 Å². The molecule has 160 valence electrons. The normalized spacial score (nSPS) is 12.2. The molecule has 0 saturated carbocycles. The summed E-state index contributed by atoms with van der Waals surface area (Å²) in [5.41, 5.74) is 0.260. The fraction of sp³-hybridized carbons (Fsp3) is 0.364. The van der Waals surface area contributed by atoms with Crippen LogP contribution in [-0.2, 0) is 22.6 Å². The van der Waals surface area contributed by atoms with Crippen molar-refractivity contribution in [3.63, 3.8) is 0 Å². The van der Waals surface area contributed by atoms with Gasteiger partial charge in [-0.15, -0.1) is 0 Å². The van der Waals surface area contributed by atoms with E-state index in [2.05, 4.69) is 5.32 Å². The summed E-state index contributed by atoms with van der Waals surface area (Å²) in [6, 6.07) is 10.8. The zero-order valence-corrected chi connectivity index (χ0v) is 17.5. The van der Waals surface area contributed by atoms with Crippen LogP contribution in [0, 0.1) is 15.9 Å². The van der Waals surface area contributed by atoms with Crippen LogP contribution >= 0.6 is 0 Å². The van der Waals surface area contributed by atoms with E-state index in [1.165, 1.54) is 47.4 Å². The van der Waals surface area contributed by atoms with Crippen LogP contribution in [0.4, 0.5) is 10.1 Å². The molecule has 30 heavy (non-hydrogen) atoms. The number of carbonyl (C=O) groups is 2. The number of hydrogen-bond donors (Lipinski definition) is 1. The maximum absolute atomic E-state index is 13.3. The van der Waals surface area contributed by atoms with Crippen LogP contribution in [0.5, 0.6) is 0 Å². The van der Waals surface area contributed by atoms with Crippen LogP contribution in [0.1, 0.15) is 38.8 Å². The molecule has 0 radical (unpaired) electrons. The SMILES string of the molecule is C[C@H](C(=O)NC(C)(C)C)N(Cc1ccc(F)cc1)C(=O)Cc1ccccc1[N+](=O)[O-]. The first-order valence-electron chi connectivity index (χ1n) is 9.56. The monoisotopic (exact) mass is 415 g/mol. The van der Waals surface area contributed by atoms with E-state index in [4.69, 9.17) is 0 Å². The molecule has 2 aromatic rings. The molecule has 2 amide bonds. The van der Waals surface area contributed by atoms with Crippen molar-refractivity contribution in [1.29, 1.82) is 0 Å². The summed E-state index contributed by atoms with van der Waals surface area (Å²) in [4.78, 5) is 37.9. The molecule has 0 aliphatic carbocycles. The molecule has 0 saturated heterocycles. The third-order valence-corrected chi connectivity index (χ3v) is 4.46. The average molecular weight is 415 g/mol. The Morgan fingerprint density at radius 1 is 1.13 bits per heavy atom. The average Bonchev–Trinajstić information content (AvgIpc) is 2.65. The van der Waals surface area contributed by atoms with Gasteiger partial charge in [0.2, 0.25) is 11.8 Å². The number of hydrogen-bond acceptors (Lipinski definition) is 4. The maximum Gasteiger partial charge on any atom is 0.273 e. The van der Waals surface area contributed by atoms with Crippen LogP contribution in [0.15, 0.2) is 48.5 Å². The Morgan fingerprint density at radius 2 is 1.73 bits per heavy atom. The van der Waals surface area contributed by atoms with E-state index >= 15 is 0 Å². The van der Waals surface area contributed by atoms with E-state index in [0.29, 0.717) is 5.56 Å². The number of nitrogens with one attached hydrogen (secondary N) is 1. The second-order valence-corrected chi connectivity index (χ2v) is 8.13. The molecule has 0 aliphatic heterocycles. The minimum absolute atomic E-state index is 0.0679. The molecular weight excluding hydrogens is 389 g/mol. The highest BCUT2D eigenvalue weighted by molar-refractivity contribution is 5.88. The van der Waals surface area contributed by atoms with E-state index in [1.54, 1.807) is 13.0 Å². The molecule has 7 nitrogen and oxygen atoms in total. The molecule has 1 N–H and O–H groups in total. The fourth-order valence-electron chi connectivity index (χ4n) is 2.95. The van der Waals surface area contributed by atoms with Crippen molar-refractivity contribution >= 4 is 17.5 Å². The number of para-hydroxylation sites is 1. The molecule has 0 aliphatic rings. The molecule has 0 fully saturated rings. The Labute approximate surface area is 175 Å². The van der Waals surface area contributed by atoms with E-state index in [-0.39, 0.29) is 30.1 Å². The highest BCUT2D eigenvalue weighted by Gasteiger charge is 2.29. The van der Waals surface area contributed by atoms with Crippen molar-refractivity contribution in [2.24, 2.45) is 0 Å². The summed E-state index contributed by atoms with van der Waals surface area (Å²) < 4.78 is 13.3. The predicted molar refractivity (Wildman–Crippen MR) is 111 cm³/mol. The van der Waals surface area contributed by atoms with Crippen molar-refractivity contribution in [3.8, 4) is 0 Å². The number of halogens is 1. The minimum Gasteiger partial charge on any atom is -0.350 e. The van der Waals surface area contributed by atoms with Gasteiger partial charge in [0, 0.05) is 23.7 Å². The fourth-order valence-corrected chi connectivity index (χ4v) is 2.95. The minimum atomic E-state index is -0.829. The van der Waals surface area contributed by atoms with Gasteiger partial charge in [-0.1, -0.05) is 30.3 Å². The molecule has 0 heterocycles. The van der Waals surface area contributed by atoms with E-state index in [9.17, 15) is 24.1 Å². The van der Waals surface area contributed by atoms with Crippen LogP contribution in [0.25, 0.3) is 0 Å². The smallest absolute Gasteiger partial charge is 0.273 e. The van der Waals surface area contributed by atoms with Crippen molar-refractivity contribution in [2.75, 3.05) is 0 Å². The van der Waals surface area contributed by atoms with Gasteiger partial charge < -0.3 is 10.2 Å². The number of nitro benzene ring substituents is 1. The summed E-state index contributed by atoms with van der Waals surface area (Å²) in [5, 5.41) is 14.1.